The molecule has 34 heavy (non-hydrogen) atoms. The topological polar surface area (TPSA) is 115 Å². The van der Waals surface area contributed by atoms with Crippen molar-refractivity contribution in [1.82, 2.24) is 15.0 Å². The van der Waals surface area contributed by atoms with Gasteiger partial charge in [-0.25, -0.2) is 9.59 Å². The molecular weight excluding hydrogens is 438 g/mol. The summed E-state index contributed by atoms with van der Waals surface area (Å²) in [6.45, 7) is 8.81. The summed E-state index contributed by atoms with van der Waals surface area (Å²) in [5.74, 6) is 0.215. The van der Waals surface area contributed by atoms with Gasteiger partial charge in [-0.15, -0.1) is 0 Å². The van der Waals surface area contributed by atoms with Crippen LogP contribution in [0.25, 0.3) is 0 Å². The Morgan fingerprint density at radius 1 is 1.03 bits per heavy atom. The number of carbonyl (C=O) groups is 2. The van der Waals surface area contributed by atoms with Crippen LogP contribution in [0, 0.1) is 20.8 Å². The van der Waals surface area contributed by atoms with Crippen molar-refractivity contribution in [3.63, 3.8) is 0 Å². The molecule has 0 fully saturated rings. The second-order valence-electron chi connectivity index (χ2n) is 8.61. The van der Waals surface area contributed by atoms with E-state index in [0.717, 1.165) is 22.3 Å². The zero-order chi connectivity index (χ0) is 24.9. The molecule has 9 nitrogen and oxygen atoms in total. The van der Waals surface area contributed by atoms with Crippen LogP contribution < -0.4 is 4.74 Å². The molecule has 1 N–H and O–H groups in total. The van der Waals surface area contributed by atoms with E-state index < -0.39 is 17.7 Å². The Bertz CT molecular complexity index is 1130. The van der Waals surface area contributed by atoms with Crippen molar-refractivity contribution < 1.29 is 28.7 Å². The van der Waals surface area contributed by atoms with Crippen molar-refractivity contribution in [2.45, 2.75) is 59.9 Å². The van der Waals surface area contributed by atoms with Gasteiger partial charge in [0.25, 0.3) is 0 Å². The number of amides is 1. The van der Waals surface area contributed by atoms with Gasteiger partial charge in [-0.1, -0.05) is 47.6 Å². The molecule has 2 aromatic carbocycles. The highest BCUT2D eigenvalue weighted by Gasteiger charge is 2.30. The van der Waals surface area contributed by atoms with Crippen molar-refractivity contribution >= 4 is 12.1 Å². The summed E-state index contributed by atoms with van der Waals surface area (Å²) in [4.78, 5) is 30.1. The number of hydrogen-bond donors (Lipinski definition) is 1. The van der Waals surface area contributed by atoms with E-state index in [0.29, 0.717) is 17.5 Å². The molecule has 0 aliphatic heterocycles. The molecule has 1 amide bonds. The third-order valence-corrected chi connectivity index (χ3v) is 5.12. The maximum atomic E-state index is 13.0. The molecule has 3 rings (SSSR count). The zero-order valence-electron chi connectivity index (χ0n) is 20.0. The number of carboxylic acid groups (broad SMARTS) is 1. The number of hydrogen-bond acceptors (Lipinski definition) is 7. The summed E-state index contributed by atoms with van der Waals surface area (Å²) in [7, 11) is 0. The van der Waals surface area contributed by atoms with E-state index in [9.17, 15) is 14.7 Å². The zero-order valence-corrected chi connectivity index (χ0v) is 20.0. The van der Waals surface area contributed by atoms with Gasteiger partial charge in [0, 0.05) is 6.54 Å². The van der Waals surface area contributed by atoms with E-state index >= 15 is 0 Å². The summed E-state index contributed by atoms with van der Waals surface area (Å²) in [6.07, 6.45) is -0.526. The van der Waals surface area contributed by atoms with Crippen LogP contribution in [0.2, 0.25) is 0 Å². The minimum absolute atomic E-state index is 0.0802. The van der Waals surface area contributed by atoms with Crippen molar-refractivity contribution in [3.8, 4) is 5.75 Å². The molecule has 180 valence electrons. The molecule has 1 heterocycles. The Balaban J connectivity index is 1.80. The first kappa shape index (κ1) is 24.8. The average molecular weight is 468 g/mol. The van der Waals surface area contributed by atoms with Crippen molar-refractivity contribution in [2.75, 3.05) is 0 Å². The van der Waals surface area contributed by atoms with Crippen LogP contribution in [0.3, 0.4) is 0 Å². The third-order valence-electron chi connectivity index (χ3n) is 5.12. The summed E-state index contributed by atoms with van der Waals surface area (Å²) >= 11 is 0. The molecule has 0 saturated carbocycles. The predicted molar refractivity (Wildman–Crippen MR) is 123 cm³/mol. The molecule has 0 radical (unpaired) electrons. The van der Waals surface area contributed by atoms with E-state index in [1.807, 2.05) is 56.3 Å². The monoisotopic (exact) mass is 467 g/mol. The quantitative estimate of drug-likeness (QED) is 0.486. The molecule has 0 bridgehead atoms. The minimum Gasteiger partial charge on any atom is -0.478 e. The van der Waals surface area contributed by atoms with Crippen molar-refractivity contribution in [3.05, 3.63) is 76.4 Å². The van der Waals surface area contributed by atoms with E-state index in [4.69, 9.17) is 14.0 Å². The molecule has 0 saturated heterocycles. The first-order chi connectivity index (χ1) is 16.0. The lowest BCUT2D eigenvalue weighted by atomic mass is 10.0. The molecule has 0 aliphatic carbocycles. The van der Waals surface area contributed by atoms with Gasteiger partial charge in [0.1, 0.15) is 18.9 Å². The summed E-state index contributed by atoms with van der Waals surface area (Å²) < 4.78 is 16.5. The fourth-order valence-corrected chi connectivity index (χ4v) is 3.37. The molecule has 0 spiro atoms. The fourth-order valence-electron chi connectivity index (χ4n) is 3.37. The Morgan fingerprint density at radius 3 is 2.24 bits per heavy atom. The highest BCUT2D eigenvalue weighted by molar-refractivity contribution is 5.77. The second kappa shape index (κ2) is 10.4. The number of carbonyl (C=O) groups excluding carboxylic acids is 1. The Hall–Kier alpha value is -3.88. The average Bonchev–Trinajstić information content (AvgIpc) is 3.19. The third kappa shape index (κ3) is 6.34. The van der Waals surface area contributed by atoms with Gasteiger partial charge in [0.05, 0.1) is 0 Å². The van der Waals surface area contributed by atoms with Crippen LogP contribution in [0.5, 0.6) is 5.75 Å². The molecule has 0 atom stereocenters. The number of benzene rings is 2. The number of aliphatic carboxylic acids is 1. The van der Waals surface area contributed by atoms with Crippen LogP contribution in [0.15, 0.2) is 47.0 Å². The molecule has 0 unspecified atom stereocenters. The van der Waals surface area contributed by atoms with Crippen LogP contribution in [-0.4, -0.2) is 37.8 Å². The van der Waals surface area contributed by atoms with Gasteiger partial charge in [-0.05, 0) is 56.9 Å². The standard InChI is InChI=1S/C25H29N3O6/c1-16-11-20(12-17(2)22(16)33-25(4,5)23(29)30)13-28(14-21-26-18(3)27-34-21)24(31)32-15-19-9-7-6-8-10-19/h6-12H,13-15H2,1-5H3,(H,29,30). The van der Waals surface area contributed by atoms with E-state index in [1.54, 1.807) is 6.92 Å². The highest BCUT2D eigenvalue weighted by Crippen LogP contribution is 2.29. The molecular formula is C25H29N3O6. The van der Waals surface area contributed by atoms with Crippen molar-refractivity contribution in [1.29, 1.82) is 0 Å². The predicted octanol–water partition coefficient (Wildman–Crippen LogP) is 4.58. The summed E-state index contributed by atoms with van der Waals surface area (Å²) in [6, 6.07) is 13.1. The Morgan fingerprint density at radius 2 is 1.68 bits per heavy atom. The van der Waals surface area contributed by atoms with E-state index in [1.165, 1.54) is 18.7 Å². The maximum Gasteiger partial charge on any atom is 0.410 e. The largest absolute Gasteiger partial charge is 0.478 e. The van der Waals surface area contributed by atoms with E-state index in [-0.39, 0.29) is 19.7 Å². The number of carboxylic acids is 1. The maximum absolute atomic E-state index is 13.0. The molecule has 9 heteroatoms. The fraction of sp³-hybridized carbons (Fsp3) is 0.360. The lowest BCUT2D eigenvalue weighted by Crippen LogP contribution is -2.38. The van der Waals surface area contributed by atoms with Crippen LogP contribution in [0.4, 0.5) is 4.79 Å². The SMILES string of the molecule is Cc1noc(CN(Cc2cc(C)c(OC(C)(C)C(=O)O)c(C)c2)C(=O)OCc2ccccc2)n1. The normalized spacial score (nSPS) is 11.2. The summed E-state index contributed by atoms with van der Waals surface area (Å²) in [5.41, 5.74) is 1.84. The lowest BCUT2D eigenvalue weighted by molar-refractivity contribution is -0.152. The van der Waals surface area contributed by atoms with Gasteiger partial charge >= 0.3 is 12.1 Å². The van der Waals surface area contributed by atoms with Gasteiger partial charge in [0.15, 0.2) is 11.4 Å². The number of aryl methyl sites for hydroxylation is 3. The minimum atomic E-state index is -1.37. The second-order valence-corrected chi connectivity index (χ2v) is 8.61. The first-order valence-electron chi connectivity index (χ1n) is 10.8. The molecule has 3 aromatic rings. The number of aromatic nitrogens is 2. The first-order valence-corrected chi connectivity index (χ1v) is 10.8. The Kier molecular flexibility index (Phi) is 7.55. The van der Waals surface area contributed by atoms with E-state index in [2.05, 4.69) is 10.1 Å². The van der Waals surface area contributed by atoms with Crippen LogP contribution in [0.1, 0.15) is 47.8 Å². The Labute approximate surface area is 198 Å². The molecule has 0 aliphatic rings. The van der Waals surface area contributed by atoms with Gasteiger partial charge in [0.2, 0.25) is 5.89 Å². The number of ether oxygens (including phenoxy) is 2. The van der Waals surface area contributed by atoms with Crippen LogP contribution in [-0.2, 0) is 29.2 Å². The number of rotatable bonds is 9. The summed E-state index contributed by atoms with van der Waals surface area (Å²) in [5, 5.41) is 13.2. The highest BCUT2D eigenvalue weighted by atomic mass is 16.6. The number of nitrogens with zero attached hydrogens (tertiary/aromatic N) is 3. The smallest absolute Gasteiger partial charge is 0.410 e. The van der Waals surface area contributed by atoms with Crippen molar-refractivity contribution in [2.24, 2.45) is 0 Å². The van der Waals surface area contributed by atoms with Crippen LogP contribution >= 0.6 is 0 Å². The van der Waals surface area contributed by atoms with Gasteiger partial charge in [-0.2, -0.15) is 4.98 Å². The molecule has 1 aromatic heterocycles. The van der Waals surface area contributed by atoms with Gasteiger partial charge < -0.3 is 19.1 Å². The lowest BCUT2D eigenvalue weighted by Gasteiger charge is -2.25. The van der Waals surface area contributed by atoms with Gasteiger partial charge in [-0.3, -0.25) is 4.90 Å².